The molecule has 1 fully saturated rings. The number of carbonyl (C=O) groups is 1. The predicted molar refractivity (Wildman–Crippen MR) is 104 cm³/mol. The fourth-order valence-corrected chi connectivity index (χ4v) is 3.60. The highest BCUT2D eigenvalue weighted by Gasteiger charge is 2.27. The van der Waals surface area contributed by atoms with Gasteiger partial charge in [-0.3, -0.25) is 4.79 Å². The lowest BCUT2D eigenvalue weighted by Gasteiger charge is -2.33. The number of benzene rings is 1. The lowest BCUT2D eigenvalue weighted by atomic mass is 9.97. The van der Waals surface area contributed by atoms with Gasteiger partial charge in [0.15, 0.2) is 0 Å². The van der Waals surface area contributed by atoms with Crippen LogP contribution in [0.15, 0.2) is 36.7 Å². The summed E-state index contributed by atoms with van der Waals surface area (Å²) >= 11 is 5.91. The molecular weight excluding hydrogens is 364 g/mol. The highest BCUT2D eigenvalue weighted by atomic mass is 35.5. The fourth-order valence-electron chi connectivity index (χ4n) is 3.47. The SMILES string of the molecule is Cc1cc(N2CCC[C@H](C(=O)NCc3ccc(Cl)cc3)C2)n2ncnc2n1. The first-order valence-electron chi connectivity index (χ1n) is 9.04. The third kappa shape index (κ3) is 3.88. The third-order valence-electron chi connectivity index (χ3n) is 4.86. The number of amides is 1. The monoisotopic (exact) mass is 384 g/mol. The summed E-state index contributed by atoms with van der Waals surface area (Å²) < 4.78 is 1.74. The van der Waals surface area contributed by atoms with Gasteiger partial charge in [-0.25, -0.2) is 4.98 Å². The van der Waals surface area contributed by atoms with Crippen molar-refractivity contribution in [3.8, 4) is 0 Å². The number of nitrogens with one attached hydrogen (secondary N) is 1. The first-order chi connectivity index (χ1) is 13.1. The first kappa shape index (κ1) is 17.7. The highest BCUT2D eigenvalue weighted by molar-refractivity contribution is 6.30. The number of hydrogen-bond acceptors (Lipinski definition) is 5. The first-order valence-corrected chi connectivity index (χ1v) is 9.42. The van der Waals surface area contributed by atoms with Crippen LogP contribution in [0.2, 0.25) is 5.02 Å². The van der Waals surface area contributed by atoms with Gasteiger partial charge in [0.1, 0.15) is 12.1 Å². The van der Waals surface area contributed by atoms with Crippen LogP contribution in [0.1, 0.15) is 24.1 Å². The Hall–Kier alpha value is -2.67. The van der Waals surface area contributed by atoms with Crippen LogP contribution in [0.25, 0.3) is 5.78 Å². The molecule has 3 aromatic rings. The van der Waals surface area contributed by atoms with Crippen LogP contribution in [-0.4, -0.2) is 38.6 Å². The van der Waals surface area contributed by atoms with Crippen LogP contribution in [-0.2, 0) is 11.3 Å². The molecule has 0 spiro atoms. The standard InChI is InChI=1S/C19H21ClN6O/c1-13-9-17(26-19(24-13)22-12-23-26)25-8-2-3-15(11-25)18(27)21-10-14-4-6-16(20)7-5-14/h4-7,9,12,15H,2-3,8,10-11H2,1H3,(H,21,27)/t15-/m0/s1. The largest absolute Gasteiger partial charge is 0.356 e. The van der Waals surface area contributed by atoms with Crippen molar-refractivity contribution in [2.24, 2.45) is 5.92 Å². The van der Waals surface area contributed by atoms with Crippen molar-refractivity contribution in [3.63, 3.8) is 0 Å². The molecular formula is C19H21ClN6O. The Morgan fingerprint density at radius 1 is 1.33 bits per heavy atom. The minimum atomic E-state index is -0.0573. The van der Waals surface area contributed by atoms with Gasteiger partial charge in [0.2, 0.25) is 5.91 Å². The summed E-state index contributed by atoms with van der Waals surface area (Å²) in [7, 11) is 0. The number of aromatic nitrogens is 4. The maximum atomic E-state index is 12.7. The van der Waals surface area contributed by atoms with E-state index in [4.69, 9.17) is 11.6 Å². The molecule has 7 nitrogen and oxygen atoms in total. The van der Waals surface area contributed by atoms with E-state index in [1.54, 1.807) is 4.52 Å². The second-order valence-corrected chi connectivity index (χ2v) is 7.29. The smallest absolute Gasteiger partial charge is 0.254 e. The molecule has 1 aromatic carbocycles. The molecule has 1 atom stereocenters. The van der Waals surface area contributed by atoms with Crippen LogP contribution in [0, 0.1) is 12.8 Å². The van der Waals surface area contributed by atoms with Gasteiger partial charge >= 0.3 is 0 Å². The molecule has 140 valence electrons. The van der Waals surface area contributed by atoms with Gasteiger partial charge in [-0.05, 0) is 37.5 Å². The molecule has 0 saturated carbocycles. The number of rotatable bonds is 4. The van der Waals surface area contributed by atoms with Crippen LogP contribution < -0.4 is 10.2 Å². The summed E-state index contributed by atoms with van der Waals surface area (Å²) in [6.45, 7) is 4.00. The van der Waals surface area contributed by atoms with Crippen molar-refractivity contribution >= 4 is 29.1 Å². The normalized spacial score (nSPS) is 17.3. The zero-order valence-corrected chi connectivity index (χ0v) is 15.9. The Balaban J connectivity index is 1.45. The number of anilines is 1. The average Bonchev–Trinajstić information content (AvgIpc) is 3.15. The molecule has 27 heavy (non-hydrogen) atoms. The Morgan fingerprint density at radius 2 is 2.15 bits per heavy atom. The molecule has 0 aliphatic carbocycles. The average molecular weight is 385 g/mol. The Bertz CT molecular complexity index is 954. The van der Waals surface area contributed by atoms with Crippen LogP contribution >= 0.6 is 11.6 Å². The molecule has 1 aliphatic rings. The number of carbonyl (C=O) groups excluding carboxylic acids is 1. The summed E-state index contributed by atoms with van der Waals surface area (Å²) in [6.07, 6.45) is 3.34. The summed E-state index contributed by atoms with van der Waals surface area (Å²) in [5, 5.41) is 8.02. The van der Waals surface area contributed by atoms with E-state index in [1.165, 1.54) is 6.33 Å². The number of fused-ring (bicyclic) bond motifs is 1. The molecule has 1 saturated heterocycles. The van der Waals surface area contributed by atoms with Crippen LogP contribution in [0.4, 0.5) is 5.82 Å². The molecule has 3 heterocycles. The minimum Gasteiger partial charge on any atom is -0.356 e. The maximum absolute atomic E-state index is 12.7. The van der Waals surface area contributed by atoms with Crippen molar-refractivity contribution in [2.75, 3.05) is 18.0 Å². The van der Waals surface area contributed by atoms with E-state index < -0.39 is 0 Å². The second-order valence-electron chi connectivity index (χ2n) is 6.86. The van der Waals surface area contributed by atoms with E-state index in [2.05, 4.69) is 25.3 Å². The van der Waals surface area contributed by atoms with Gasteiger partial charge in [0, 0.05) is 36.4 Å². The second kappa shape index (κ2) is 7.52. The summed E-state index contributed by atoms with van der Waals surface area (Å²) in [5.74, 6) is 1.54. The molecule has 2 aromatic heterocycles. The molecule has 1 N–H and O–H groups in total. The Kier molecular flexibility index (Phi) is 4.94. The van der Waals surface area contributed by atoms with Crippen molar-refractivity contribution in [1.29, 1.82) is 0 Å². The zero-order chi connectivity index (χ0) is 18.8. The van der Waals surface area contributed by atoms with E-state index >= 15 is 0 Å². The van der Waals surface area contributed by atoms with Crippen molar-refractivity contribution in [2.45, 2.75) is 26.3 Å². The third-order valence-corrected chi connectivity index (χ3v) is 5.11. The van der Waals surface area contributed by atoms with Gasteiger partial charge < -0.3 is 10.2 Å². The topological polar surface area (TPSA) is 75.4 Å². The van der Waals surface area contributed by atoms with Gasteiger partial charge in [-0.1, -0.05) is 23.7 Å². The molecule has 0 radical (unpaired) electrons. The van der Waals surface area contributed by atoms with Crippen molar-refractivity contribution in [3.05, 3.63) is 52.9 Å². The number of nitrogens with zero attached hydrogens (tertiary/aromatic N) is 5. The lowest BCUT2D eigenvalue weighted by Crippen LogP contribution is -2.43. The fraction of sp³-hybridized carbons (Fsp3) is 0.368. The van der Waals surface area contributed by atoms with Crippen LogP contribution in [0.5, 0.6) is 0 Å². The lowest BCUT2D eigenvalue weighted by molar-refractivity contribution is -0.125. The number of piperidine rings is 1. The van der Waals surface area contributed by atoms with E-state index in [1.807, 2.05) is 37.3 Å². The van der Waals surface area contributed by atoms with Crippen LogP contribution in [0.3, 0.4) is 0 Å². The number of hydrogen-bond donors (Lipinski definition) is 1. The quantitative estimate of drug-likeness (QED) is 0.748. The summed E-state index contributed by atoms with van der Waals surface area (Å²) in [4.78, 5) is 23.5. The van der Waals surface area contributed by atoms with Crippen molar-refractivity contribution < 1.29 is 4.79 Å². The van der Waals surface area contributed by atoms with Gasteiger partial charge in [-0.15, -0.1) is 0 Å². The highest BCUT2D eigenvalue weighted by Crippen LogP contribution is 2.24. The van der Waals surface area contributed by atoms with Gasteiger partial charge in [0.05, 0.1) is 5.92 Å². The van der Waals surface area contributed by atoms with E-state index in [0.717, 1.165) is 36.5 Å². The predicted octanol–water partition coefficient (Wildman–Crippen LogP) is 2.62. The summed E-state index contributed by atoms with van der Waals surface area (Å²) in [6, 6.07) is 9.52. The number of halogens is 1. The van der Waals surface area contributed by atoms with E-state index in [0.29, 0.717) is 23.9 Å². The van der Waals surface area contributed by atoms with E-state index in [9.17, 15) is 4.79 Å². The molecule has 8 heteroatoms. The Labute approximate surface area is 162 Å². The molecule has 0 unspecified atom stereocenters. The molecule has 0 bridgehead atoms. The van der Waals surface area contributed by atoms with Crippen molar-refractivity contribution in [1.82, 2.24) is 24.9 Å². The molecule has 1 aliphatic heterocycles. The van der Waals surface area contributed by atoms with Gasteiger partial charge in [-0.2, -0.15) is 14.6 Å². The minimum absolute atomic E-state index is 0.0573. The molecule has 4 rings (SSSR count). The maximum Gasteiger partial charge on any atom is 0.254 e. The Morgan fingerprint density at radius 3 is 2.96 bits per heavy atom. The van der Waals surface area contributed by atoms with Gasteiger partial charge in [0.25, 0.3) is 5.78 Å². The number of aryl methyl sites for hydroxylation is 1. The molecule has 1 amide bonds. The van der Waals surface area contributed by atoms with E-state index in [-0.39, 0.29) is 11.8 Å². The zero-order valence-electron chi connectivity index (χ0n) is 15.1. The summed E-state index contributed by atoms with van der Waals surface area (Å²) in [5.41, 5.74) is 1.93.